The van der Waals surface area contributed by atoms with Crippen molar-refractivity contribution in [3.63, 3.8) is 0 Å². The third-order valence-electron chi connectivity index (χ3n) is 4.04. The van der Waals surface area contributed by atoms with Crippen molar-refractivity contribution in [3.8, 4) is 0 Å². The van der Waals surface area contributed by atoms with Gasteiger partial charge < -0.3 is 11.1 Å². The van der Waals surface area contributed by atoms with Crippen LogP contribution in [0.15, 0.2) is 24.3 Å². The Hall–Kier alpha value is -1.39. The minimum absolute atomic E-state index is 0.102. The van der Waals surface area contributed by atoms with Gasteiger partial charge in [-0.3, -0.25) is 9.69 Å². The predicted molar refractivity (Wildman–Crippen MR) is 81.6 cm³/mol. The second-order valence-corrected chi connectivity index (χ2v) is 5.35. The lowest BCUT2D eigenvalue weighted by atomic mass is 10.0. The van der Waals surface area contributed by atoms with Gasteiger partial charge in [-0.25, -0.2) is 0 Å². The van der Waals surface area contributed by atoms with Crippen molar-refractivity contribution < 1.29 is 4.79 Å². The highest BCUT2D eigenvalue weighted by molar-refractivity contribution is 5.76. The van der Waals surface area contributed by atoms with Crippen molar-refractivity contribution in [2.24, 2.45) is 5.73 Å². The quantitative estimate of drug-likeness (QED) is 0.841. The van der Waals surface area contributed by atoms with Crippen LogP contribution in [0.2, 0.25) is 0 Å². The summed E-state index contributed by atoms with van der Waals surface area (Å²) in [5, 5.41) is 2.86. The summed E-state index contributed by atoms with van der Waals surface area (Å²) in [6.45, 7) is 5.13. The molecule has 3 N–H and O–H groups in total. The highest BCUT2D eigenvalue weighted by Crippen LogP contribution is 2.17. The maximum atomic E-state index is 11.8. The smallest absolute Gasteiger partial charge is 0.221 e. The first-order valence-corrected chi connectivity index (χ1v) is 7.52. The molecule has 4 nitrogen and oxygen atoms in total. The van der Waals surface area contributed by atoms with E-state index in [1.54, 1.807) is 0 Å². The van der Waals surface area contributed by atoms with Gasteiger partial charge in [-0.1, -0.05) is 24.3 Å². The molecule has 4 heteroatoms. The van der Waals surface area contributed by atoms with Gasteiger partial charge in [-0.15, -0.1) is 0 Å². The third kappa shape index (κ3) is 3.81. The standard InChI is InChI=1S/C16H25N3O/c1-2-18-16(20)11-15(12-17)19-9-7-13-5-3-4-6-14(13)8-10-19/h3-6,15H,2,7-12,17H2,1H3,(H,18,20). The molecule has 1 aromatic rings. The number of hydrogen-bond donors (Lipinski definition) is 2. The number of benzene rings is 1. The monoisotopic (exact) mass is 275 g/mol. The number of fused-ring (bicyclic) bond motifs is 1. The summed E-state index contributed by atoms with van der Waals surface area (Å²) in [7, 11) is 0. The number of amides is 1. The fourth-order valence-electron chi connectivity index (χ4n) is 2.90. The van der Waals surface area contributed by atoms with E-state index in [4.69, 9.17) is 5.73 Å². The molecular weight excluding hydrogens is 250 g/mol. The van der Waals surface area contributed by atoms with Crippen molar-refractivity contribution in [3.05, 3.63) is 35.4 Å². The minimum Gasteiger partial charge on any atom is -0.356 e. The van der Waals surface area contributed by atoms with E-state index >= 15 is 0 Å². The second kappa shape index (κ2) is 7.41. The predicted octanol–water partition coefficient (Wildman–Crippen LogP) is 0.941. The molecule has 1 aromatic carbocycles. The van der Waals surface area contributed by atoms with E-state index in [0.29, 0.717) is 19.5 Å². The van der Waals surface area contributed by atoms with Gasteiger partial charge in [-0.2, -0.15) is 0 Å². The molecule has 0 aromatic heterocycles. The molecule has 0 radical (unpaired) electrons. The first-order valence-electron chi connectivity index (χ1n) is 7.52. The van der Waals surface area contributed by atoms with Crippen molar-refractivity contribution in [1.29, 1.82) is 0 Å². The Bertz CT molecular complexity index is 420. The zero-order valence-electron chi connectivity index (χ0n) is 12.3. The molecule has 0 saturated carbocycles. The minimum atomic E-state index is 0.102. The SMILES string of the molecule is CCNC(=O)CC(CN)N1CCc2ccccc2CC1. The molecule has 1 unspecified atom stereocenters. The van der Waals surface area contributed by atoms with Gasteiger partial charge in [0, 0.05) is 38.6 Å². The highest BCUT2D eigenvalue weighted by atomic mass is 16.1. The number of nitrogens with one attached hydrogen (secondary N) is 1. The normalized spacial score (nSPS) is 17.1. The van der Waals surface area contributed by atoms with E-state index in [0.717, 1.165) is 25.9 Å². The Kier molecular flexibility index (Phi) is 5.56. The zero-order chi connectivity index (χ0) is 14.4. The molecule has 1 heterocycles. The Morgan fingerprint density at radius 1 is 1.30 bits per heavy atom. The van der Waals surface area contributed by atoms with Crippen LogP contribution in [0.4, 0.5) is 0 Å². The van der Waals surface area contributed by atoms with Gasteiger partial charge in [0.05, 0.1) is 0 Å². The van der Waals surface area contributed by atoms with Gasteiger partial charge in [0.2, 0.25) is 5.91 Å². The molecule has 0 bridgehead atoms. The van der Waals surface area contributed by atoms with Crippen LogP contribution in [0.25, 0.3) is 0 Å². The Labute approximate surface area is 121 Å². The second-order valence-electron chi connectivity index (χ2n) is 5.35. The summed E-state index contributed by atoms with van der Waals surface area (Å²) in [5.74, 6) is 0.102. The fraction of sp³-hybridized carbons (Fsp3) is 0.562. The van der Waals surface area contributed by atoms with Crippen LogP contribution in [0.1, 0.15) is 24.5 Å². The average molecular weight is 275 g/mol. The summed E-state index contributed by atoms with van der Waals surface area (Å²) in [5.41, 5.74) is 8.75. The first kappa shape index (κ1) is 15.0. The largest absolute Gasteiger partial charge is 0.356 e. The van der Waals surface area contributed by atoms with Gasteiger partial charge in [0.1, 0.15) is 0 Å². The van der Waals surface area contributed by atoms with E-state index in [2.05, 4.69) is 34.5 Å². The molecule has 0 fully saturated rings. The average Bonchev–Trinajstić information content (AvgIpc) is 2.68. The number of carbonyl (C=O) groups excluding carboxylic acids is 1. The lowest BCUT2D eigenvalue weighted by Crippen LogP contribution is -2.45. The highest BCUT2D eigenvalue weighted by Gasteiger charge is 2.22. The van der Waals surface area contributed by atoms with Gasteiger partial charge in [-0.05, 0) is 30.9 Å². The molecule has 20 heavy (non-hydrogen) atoms. The van der Waals surface area contributed by atoms with Crippen LogP contribution in [-0.4, -0.2) is 43.0 Å². The van der Waals surface area contributed by atoms with Crippen molar-refractivity contribution in [1.82, 2.24) is 10.2 Å². The van der Waals surface area contributed by atoms with Crippen molar-refractivity contribution in [2.75, 3.05) is 26.2 Å². The van der Waals surface area contributed by atoms with Crippen molar-refractivity contribution in [2.45, 2.75) is 32.2 Å². The van der Waals surface area contributed by atoms with Crippen LogP contribution >= 0.6 is 0 Å². The van der Waals surface area contributed by atoms with E-state index in [1.165, 1.54) is 11.1 Å². The maximum absolute atomic E-state index is 11.8. The van der Waals surface area contributed by atoms with Gasteiger partial charge >= 0.3 is 0 Å². The van der Waals surface area contributed by atoms with E-state index in [9.17, 15) is 4.79 Å². The summed E-state index contributed by atoms with van der Waals surface area (Å²) < 4.78 is 0. The summed E-state index contributed by atoms with van der Waals surface area (Å²) in [6.07, 6.45) is 2.59. The van der Waals surface area contributed by atoms with Crippen LogP contribution in [0.3, 0.4) is 0 Å². The number of rotatable bonds is 5. The van der Waals surface area contributed by atoms with Crippen LogP contribution in [0.5, 0.6) is 0 Å². The summed E-state index contributed by atoms with van der Waals surface area (Å²) >= 11 is 0. The van der Waals surface area contributed by atoms with Crippen LogP contribution in [-0.2, 0) is 17.6 Å². The number of nitrogens with two attached hydrogens (primary N) is 1. The maximum Gasteiger partial charge on any atom is 0.221 e. The molecule has 1 aliphatic heterocycles. The Balaban J connectivity index is 1.97. The Morgan fingerprint density at radius 3 is 2.40 bits per heavy atom. The van der Waals surface area contributed by atoms with Gasteiger partial charge in [0.25, 0.3) is 0 Å². The topological polar surface area (TPSA) is 58.4 Å². The van der Waals surface area contributed by atoms with Gasteiger partial charge in [0.15, 0.2) is 0 Å². The van der Waals surface area contributed by atoms with Crippen LogP contribution in [0, 0.1) is 0 Å². The molecule has 0 saturated heterocycles. The molecule has 1 atom stereocenters. The van der Waals surface area contributed by atoms with Crippen LogP contribution < -0.4 is 11.1 Å². The molecule has 1 aliphatic rings. The van der Waals surface area contributed by atoms with E-state index < -0.39 is 0 Å². The number of nitrogens with zero attached hydrogens (tertiary/aromatic N) is 1. The zero-order valence-corrected chi connectivity index (χ0v) is 12.3. The fourth-order valence-corrected chi connectivity index (χ4v) is 2.90. The molecule has 1 amide bonds. The van der Waals surface area contributed by atoms with E-state index in [1.807, 2.05) is 6.92 Å². The molecular formula is C16H25N3O. The number of carbonyl (C=O) groups is 1. The summed E-state index contributed by atoms with van der Waals surface area (Å²) in [6, 6.07) is 8.77. The van der Waals surface area contributed by atoms with E-state index in [-0.39, 0.29) is 11.9 Å². The summed E-state index contributed by atoms with van der Waals surface area (Å²) in [4.78, 5) is 14.1. The Morgan fingerprint density at radius 2 is 1.90 bits per heavy atom. The first-order chi connectivity index (χ1) is 9.74. The lowest BCUT2D eigenvalue weighted by molar-refractivity contribution is -0.122. The molecule has 110 valence electrons. The molecule has 2 rings (SSSR count). The molecule has 0 aliphatic carbocycles. The number of hydrogen-bond acceptors (Lipinski definition) is 3. The molecule has 0 spiro atoms. The lowest BCUT2D eigenvalue weighted by Gasteiger charge is -2.29. The third-order valence-corrected chi connectivity index (χ3v) is 4.04. The van der Waals surface area contributed by atoms with Crippen molar-refractivity contribution >= 4 is 5.91 Å².